The van der Waals surface area contributed by atoms with E-state index in [0.717, 1.165) is 18.3 Å². The number of aliphatic imine (C=N–C) groups is 1. The predicted octanol–water partition coefficient (Wildman–Crippen LogP) is 3.88. The average molecular weight is 555 g/mol. The minimum absolute atomic E-state index is 0.0382. The molecule has 0 radical (unpaired) electrons. The Kier molecular flexibility index (Phi) is 7.85. The molecule has 2 aliphatic rings. The average Bonchev–Trinajstić information content (AvgIpc) is 3.49. The molecule has 1 amide bonds. The summed E-state index contributed by atoms with van der Waals surface area (Å²) in [6.07, 6.45) is 1.77. The van der Waals surface area contributed by atoms with Crippen LogP contribution in [0.15, 0.2) is 58.3 Å². The molecule has 5 N–H and O–H groups in total. The highest BCUT2D eigenvalue weighted by Crippen LogP contribution is 2.39. The number of thiazole rings is 1. The molecule has 4 rings (SSSR count). The van der Waals surface area contributed by atoms with Crippen LogP contribution in [0.1, 0.15) is 30.0 Å². The van der Waals surface area contributed by atoms with Gasteiger partial charge < -0.3 is 31.2 Å². The summed E-state index contributed by atoms with van der Waals surface area (Å²) in [6.45, 7) is -1.52. The molecule has 14 heteroatoms. The van der Waals surface area contributed by atoms with E-state index in [1.807, 2.05) is 0 Å². The van der Waals surface area contributed by atoms with Crippen LogP contribution >= 0.6 is 22.9 Å². The number of ether oxygens (including phenoxy) is 1. The Hall–Kier alpha value is -3.42. The van der Waals surface area contributed by atoms with E-state index in [9.17, 15) is 23.1 Å². The van der Waals surface area contributed by atoms with Crippen molar-refractivity contribution in [3.05, 3.63) is 74.7 Å². The van der Waals surface area contributed by atoms with Gasteiger partial charge in [-0.2, -0.15) is 8.78 Å². The van der Waals surface area contributed by atoms with Gasteiger partial charge in [0.25, 0.3) is 0 Å². The molecule has 3 heterocycles. The van der Waals surface area contributed by atoms with Crippen molar-refractivity contribution >= 4 is 40.6 Å². The Morgan fingerprint density at radius 3 is 2.86 bits per heavy atom. The number of aromatic nitrogens is 1. The number of alkyl halides is 2. The molecular formula is C23H22ClF3N6O3S. The molecule has 0 aliphatic carbocycles. The summed E-state index contributed by atoms with van der Waals surface area (Å²) in [5.41, 5.74) is -0.581. The number of nitrogens with zero attached hydrogens (tertiary/aromatic N) is 2. The Labute approximate surface area is 218 Å². The summed E-state index contributed by atoms with van der Waals surface area (Å²) in [6, 6.07) is 2.75. The summed E-state index contributed by atoms with van der Waals surface area (Å²) >= 11 is 7.67. The van der Waals surface area contributed by atoms with Gasteiger partial charge in [0.1, 0.15) is 24.0 Å². The lowest BCUT2D eigenvalue weighted by Crippen LogP contribution is -2.54. The number of alkyl carbamates (subject to hydrolysis) is 1. The SMILES string of the molecule is CC(O)[C@]1(CC2=C(C(=N)/C=C\NC(F)F)[C@H](c3ccc(F)cc3Cl)N=C(c3nccs3)N2)COC(=O)N1. The third-order valence-electron chi connectivity index (χ3n) is 5.88. The molecule has 2 aliphatic heterocycles. The smallest absolute Gasteiger partial charge is 0.407 e. The zero-order valence-electron chi connectivity index (χ0n) is 19.3. The largest absolute Gasteiger partial charge is 0.447 e. The van der Waals surface area contributed by atoms with Crippen molar-refractivity contribution in [2.24, 2.45) is 4.99 Å². The molecule has 0 saturated carbocycles. The minimum Gasteiger partial charge on any atom is -0.447 e. The van der Waals surface area contributed by atoms with Crippen LogP contribution in [0, 0.1) is 11.2 Å². The number of carbonyl (C=O) groups is 1. The Morgan fingerprint density at radius 1 is 1.49 bits per heavy atom. The minimum atomic E-state index is -2.84. The number of benzene rings is 1. The highest BCUT2D eigenvalue weighted by molar-refractivity contribution is 7.11. The van der Waals surface area contributed by atoms with Crippen molar-refractivity contribution in [1.29, 1.82) is 5.41 Å². The molecule has 1 saturated heterocycles. The van der Waals surface area contributed by atoms with Crippen molar-refractivity contribution in [3.8, 4) is 0 Å². The molecule has 0 bridgehead atoms. The number of rotatable bonds is 9. The maximum Gasteiger partial charge on any atom is 0.407 e. The van der Waals surface area contributed by atoms with Gasteiger partial charge in [-0.3, -0.25) is 4.99 Å². The van der Waals surface area contributed by atoms with Crippen LogP contribution in [0.25, 0.3) is 0 Å². The van der Waals surface area contributed by atoms with E-state index in [0.29, 0.717) is 22.1 Å². The van der Waals surface area contributed by atoms with Crippen molar-refractivity contribution in [1.82, 2.24) is 20.9 Å². The van der Waals surface area contributed by atoms with E-state index in [1.54, 1.807) is 16.9 Å². The molecule has 1 unspecified atom stereocenters. The van der Waals surface area contributed by atoms with E-state index in [4.69, 9.17) is 26.7 Å². The van der Waals surface area contributed by atoms with Crippen molar-refractivity contribution in [3.63, 3.8) is 0 Å². The van der Waals surface area contributed by atoms with Crippen LogP contribution in [0.2, 0.25) is 5.02 Å². The highest BCUT2D eigenvalue weighted by atomic mass is 35.5. The fourth-order valence-corrected chi connectivity index (χ4v) is 4.85. The Bertz CT molecular complexity index is 1280. The van der Waals surface area contributed by atoms with Gasteiger partial charge in [0.05, 0.1) is 11.8 Å². The quantitative estimate of drug-likeness (QED) is 0.236. The van der Waals surface area contributed by atoms with E-state index in [1.165, 1.54) is 30.4 Å². The summed E-state index contributed by atoms with van der Waals surface area (Å²) < 4.78 is 44.3. The summed E-state index contributed by atoms with van der Waals surface area (Å²) in [5, 5.41) is 29.2. The van der Waals surface area contributed by atoms with Gasteiger partial charge in [-0.05, 0) is 25.1 Å². The molecule has 1 fully saturated rings. The van der Waals surface area contributed by atoms with Gasteiger partial charge in [0, 0.05) is 46.1 Å². The van der Waals surface area contributed by atoms with Crippen LogP contribution in [-0.2, 0) is 4.74 Å². The number of hydrogen-bond donors (Lipinski definition) is 5. The highest BCUT2D eigenvalue weighted by Gasteiger charge is 2.46. The molecule has 196 valence electrons. The normalized spacial score (nSPS) is 22.5. The number of nitrogens with one attached hydrogen (secondary N) is 4. The maximum absolute atomic E-state index is 13.9. The van der Waals surface area contributed by atoms with Gasteiger partial charge in [0.2, 0.25) is 0 Å². The first-order valence-electron chi connectivity index (χ1n) is 10.9. The molecule has 2 aromatic rings. The molecule has 0 spiro atoms. The second kappa shape index (κ2) is 10.9. The second-order valence-corrected chi connectivity index (χ2v) is 9.63. The van der Waals surface area contributed by atoms with Gasteiger partial charge in [0.15, 0.2) is 10.8 Å². The fourth-order valence-electron chi connectivity index (χ4n) is 4.00. The number of hydrogen-bond acceptors (Lipinski definition) is 9. The third-order valence-corrected chi connectivity index (χ3v) is 6.99. The number of allylic oxidation sites excluding steroid dienone is 1. The van der Waals surface area contributed by atoms with Gasteiger partial charge in [-0.25, -0.2) is 14.2 Å². The third kappa shape index (κ3) is 5.78. The summed E-state index contributed by atoms with van der Waals surface area (Å²) in [5.74, 6) is -0.264. The van der Waals surface area contributed by atoms with Crippen LogP contribution in [0.3, 0.4) is 0 Å². The van der Waals surface area contributed by atoms with Crippen LogP contribution in [0.4, 0.5) is 18.0 Å². The number of cyclic esters (lactones) is 1. The maximum atomic E-state index is 13.9. The van der Waals surface area contributed by atoms with Crippen molar-refractivity contribution < 1.29 is 27.8 Å². The summed E-state index contributed by atoms with van der Waals surface area (Å²) in [4.78, 5) is 20.9. The topological polar surface area (TPSA) is 132 Å². The standard InChI is InChI=1S/C23H22ClF3N6O3S/c1-11(34)23(10-36-22(35)33-23)9-16-17(15(28)4-5-30-21(26)27)18(13-3-2-12(25)8-14(13)24)32-19(31-16)20-29-6-7-37-20/h2-8,11,18,21,28,30,34H,9-10H2,1H3,(H,31,32)(H,33,35)/b5-4-,28-15?/t11?,18-,23-/m0/s1. The molecule has 3 atom stereocenters. The lowest BCUT2D eigenvalue weighted by molar-refractivity contribution is 0.0745. The number of aliphatic hydroxyl groups excluding tert-OH is 1. The van der Waals surface area contributed by atoms with Gasteiger partial charge >= 0.3 is 12.6 Å². The van der Waals surface area contributed by atoms with E-state index in [2.05, 4.69) is 15.6 Å². The van der Waals surface area contributed by atoms with Crippen molar-refractivity contribution in [2.45, 2.75) is 37.6 Å². The summed E-state index contributed by atoms with van der Waals surface area (Å²) in [7, 11) is 0. The predicted molar refractivity (Wildman–Crippen MR) is 132 cm³/mol. The van der Waals surface area contributed by atoms with Gasteiger partial charge in [-0.1, -0.05) is 17.7 Å². The fraction of sp³-hybridized carbons (Fsp3) is 0.304. The second-order valence-electron chi connectivity index (χ2n) is 8.32. The lowest BCUT2D eigenvalue weighted by atomic mass is 9.84. The first-order valence-corrected chi connectivity index (χ1v) is 12.2. The molecule has 1 aromatic carbocycles. The first-order chi connectivity index (χ1) is 17.6. The van der Waals surface area contributed by atoms with E-state index in [-0.39, 0.29) is 29.3 Å². The Morgan fingerprint density at radius 2 is 2.27 bits per heavy atom. The Balaban J connectivity index is 1.88. The number of carbonyl (C=O) groups excluding carboxylic acids is 1. The number of amides is 1. The first kappa shape index (κ1) is 26.6. The molecule has 9 nitrogen and oxygen atoms in total. The van der Waals surface area contributed by atoms with Gasteiger partial charge in [-0.15, -0.1) is 11.3 Å². The van der Waals surface area contributed by atoms with E-state index < -0.39 is 36.1 Å². The monoisotopic (exact) mass is 554 g/mol. The lowest BCUT2D eigenvalue weighted by Gasteiger charge is -2.35. The van der Waals surface area contributed by atoms with Crippen LogP contribution < -0.4 is 16.0 Å². The zero-order valence-corrected chi connectivity index (χ0v) is 20.8. The van der Waals surface area contributed by atoms with Crippen LogP contribution in [0.5, 0.6) is 0 Å². The number of aliphatic hydroxyl groups is 1. The zero-order chi connectivity index (χ0) is 26.7. The van der Waals surface area contributed by atoms with Crippen LogP contribution in [-0.4, -0.2) is 52.5 Å². The number of halogens is 4. The number of amidine groups is 1. The molecular weight excluding hydrogens is 533 g/mol. The molecule has 37 heavy (non-hydrogen) atoms. The van der Waals surface area contributed by atoms with E-state index >= 15 is 0 Å². The van der Waals surface area contributed by atoms with Crippen molar-refractivity contribution in [2.75, 3.05) is 6.61 Å². The molecule has 1 aromatic heterocycles.